The molecular formula is C22H42NO10P. The number of aliphatic hydroxyl groups is 1. The minimum Gasteiger partial charge on any atom is -0.480 e. The normalized spacial score (nSPS) is 14.7. The summed E-state index contributed by atoms with van der Waals surface area (Å²) in [7, 11) is -4.70. The Labute approximate surface area is 202 Å². The molecule has 0 aliphatic carbocycles. The van der Waals surface area contributed by atoms with Crippen LogP contribution in [0.15, 0.2) is 0 Å². The van der Waals surface area contributed by atoms with Gasteiger partial charge < -0.3 is 25.2 Å². The molecule has 3 unspecified atom stereocenters. The second kappa shape index (κ2) is 19.8. The summed E-state index contributed by atoms with van der Waals surface area (Å²) in [5.74, 6) is -2.43. The van der Waals surface area contributed by atoms with E-state index in [9.17, 15) is 28.9 Å². The lowest BCUT2D eigenvalue weighted by Crippen LogP contribution is -2.43. The number of ether oxygens (including phenoxy) is 1. The first-order valence-electron chi connectivity index (χ1n) is 12.1. The molecule has 0 aliphatic heterocycles. The van der Waals surface area contributed by atoms with Crippen molar-refractivity contribution in [1.29, 1.82) is 0 Å². The number of hydrogen-bond donors (Lipinski definition) is 4. The number of carboxylic acids is 1. The van der Waals surface area contributed by atoms with Gasteiger partial charge in [0.05, 0.1) is 13.2 Å². The molecule has 0 rings (SSSR count). The Balaban J connectivity index is 4.08. The summed E-state index contributed by atoms with van der Waals surface area (Å²) in [4.78, 5) is 44.3. The predicted molar refractivity (Wildman–Crippen MR) is 125 cm³/mol. The van der Waals surface area contributed by atoms with Gasteiger partial charge in [0.2, 0.25) is 5.91 Å². The van der Waals surface area contributed by atoms with Crippen LogP contribution in [0.25, 0.3) is 0 Å². The third-order valence-corrected chi connectivity index (χ3v) is 5.85. The minimum atomic E-state index is -4.70. The van der Waals surface area contributed by atoms with Crippen molar-refractivity contribution in [3.8, 4) is 0 Å². The van der Waals surface area contributed by atoms with Gasteiger partial charge in [0.1, 0.15) is 12.7 Å². The molecule has 0 heterocycles. The quantitative estimate of drug-likeness (QED) is 0.0961. The number of hydrogen-bond acceptors (Lipinski definition) is 8. The number of phosphoric acid groups is 1. The van der Waals surface area contributed by atoms with Crippen LogP contribution in [0, 0.1) is 0 Å². The molecule has 0 bridgehead atoms. The highest BCUT2D eigenvalue weighted by Crippen LogP contribution is 2.43. The molecule has 0 aliphatic rings. The summed E-state index contributed by atoms with van der Waals surface area (Å²) < 4.78 is 26.1. The summed E-state index contributed by atoms with van der Waals surface area (Å²) in [6.45, 7) is 2.16. The summed E-state index contributed by atoms with van der Waals surface area (Å²) in [5, 5.41) is 21.1. The molecule has 1 amide bonds. The van der Waals surface area contributed by atoms with Crippen molar-refractivity contribution in [2.24, 2.45) is 0 Å². The Morgan fingerprint density at radius 2 is 1.38 bits per heavy atom. The summed E-state index contributed by atoms with van der Waals surface area (Å²) >= 11 is 0. The standard InChI is InChI=1S/C22H42NO10P/c1-3-5-7-8-9-10-11-12-14-21(26)31-15-18(24)16-32-34(29,30)33-17-19(22(27)28)23-20(25)13-6-4-2/h18-19,24H,3-17H2,1-2H3,(H,23,25)(H,27,28)(H,29,30). The van der Waals surface area contributed by atoms with Crippen molar-refractivity contribution >= 4 is 25.7 Å². The third kappa shape index (κ3) is 18.9. The van der Waals surface area contributed by atoms with Crippen molar-refractivity contribution < 1.29 is 47.8 Å². The van der Waals surface area contributed by atoms with Crippen LogP contribution in [0.3, 0.4) is 0 Å². The molecule has 34 heavy (non-hydrogen) atoms. The number of aliphatic carboxylic acids is 1. The molecule has 12 heteroatoms. The Morgan fingerprint density at radius 3 is 1.97 bits per heavy atom. The molecule has 0 fully saturated rings. The number of nitrogens with one attached hydrogen (secondary N) is 1. The molecule has 0 radical (unpaired) electrons. The lowest BCUT2D eigenvalue weighted by molar-refractivity contribution is -0.147. The van der Waals surface area contributed by atoms with Gasteiger partial charge in [0.25, 0.3) is 0 Å². The van der Waals surface area contributed by atoms with Gasteiger partial charge in [0.15, 0.2) is 6.04 Å². The first-order valence-corrected chi connectivity index (χ1v) is 13.6. The van der Waals surface area contributed by atoms with Gasteiger partial charge in [-0.15, -0.1) is 0 Å². The van der Waals surface area contributed by atoms with Crippen LogP contribution in [0.4, 0.5) is 0 Å². The SMILES string of the molecule is CCCCCCCCCCC(=O)OCC(O)COP(=O)(O)OCC(NC(=O)CCCC)C(=O)O. The molecule has 3 atom stereocenters. The second-order valence-electron chi connectivity index (χ2n) is 8.18. The van der Waals surface area contributed by atoms with Gasteiger partial charge >= 0.3 is 19.8 Å². The van der Waals surface area contributed by atoms with Crippen molar-refractivity contribution in [3.05, 3.63) is 0 Å². The van der Waals surface area contributed by atoms with E-state index in [4.69, 9.17) is 9.84 Å². The van der Waals surface area contributed by atoms with E-state index in [1.807, 2.05) is 6.92 Å². The minimum absolute atomic E-state index is 0.123. The fourth-order valence-corrected chi connectivity index (χ4v) is 3.65. The largest absolute Gasteiger partial charge is 0.480 e. The average molecular weight is 512 g/mol. The predicted octanol–water partition coefficient (Wildman–Crippen LogP) is 3.31. The van der Waals surface area contributed by atoms with Gasteiger partial charge in [-0.25, -0.2) is 9.36 Å². The van der Waals surface area contributed by atoms with E-state index in [2.05, 4.69) is 21.3 Å². The third-order valence-electron chi connectivity index (χ3n) is 4.90. The number of phosphoric ester groups is 1. The lowest BCUT2D eigenvalue weighted by atomic mass is 10.1. The topological polar surface area (TPSA) is 169 Å². The van der Waals surface area contributed by atoms with Crippen LogP contribution in [-0.2, 0) is 32.7 Å². The molecule has 0 aromatic rings. The van der Waals surface area contributed by atoms with E-state index in [1.54, 1.807) is 0 Å². The molecule has 4 N–H and O–H groups in total. The maximum absolute atomic E-state index is 11.9. The smallest absolute Gasteiger partial charge is 0.472 e. The number of rotatable bonds is 22. The van der Waals surface area contributed by atoms with E-state index in [0.717, 1.165) is 25.7 Å². The Hall–Kier alpha value is -1.52. The number of amides is 1. The molecule has 200 valence electrons. The fraction of sp³-hybridized carbons (Fsp3) is 0.864. The van der Waals surface area contributed by atoms with E-state index in [0.29, 0.717) is 12.8 Å². The van der Waals surface area contributed by atoms with Crippen LogP contribution < -0.4 is 5.32 Å². The molecule has 11 nitrogen and oxygen atoms in total. The number of carbonyl (C=O) groups excluding carboxylic acids is 2. The average Bonchev–Trinajstić information content (AvgIpc) is 2.79. The van der Waals surface area contributed by atoms with Gasteiger partial charge in [0, 0.05) is 12.8 Å². The molecule has 0 saturated carbocycles. The molecular weight excluding hydrogens is 469 g/mol. The van der Waals surface area contributed by atoms with E-state index in [1.165, 1.54) is 25.7 Å². The first kappa shape index (κ1) is 32.5. The zero-order valence-electron chi connectivity index (χ0n) is 20.4. The zero-order valence-corrected chi connectivity index (χ0v) is 21.3. The molecule has 0 aromatic heterocycles. The Bertz CT molecular complexity index is 631. The van der Waals surface area contributed by atoms with Gasteiger partial charge in [-0.1, -0.05) is 65.2 Å². The maximum atomic E-state index is 11.9. The van der Waals surface area contributed by atoms with E-state index in [-0.39, 0.29) is 12.8 Å². The number of carboxylic acid groups (broad SMARTS) is 1. The van der Waals surface area contributed by atoms with Crippen LogP contribution in [0.5, 0.6) is 0 Å². The Morgan fingerprint density at radius 1 is 0.824 bits per heavy atom. The first-order chi connectivity index (χ1) is 16.1. The number of unbranched alkanes of at least 4 members (excludes halogenated alkanes) is 8. The van der Waals surface area contributed by atoms with Crippen LogP contribution in [-0.4, -0.2) is 64.9 Å². The highest BCUT2D eigenvalue weighted by atomic mass is 31.2. The highest BCUT2D eigenvalue weighted by Gasteiger charge is 2.28. The zero-order chi connectivity index (χ0) is 25.8. The van der Waals surface area contributed by atoms with E-state index >= 15 is 0 Å². The number of aliphatic hydroxyl groups excluding tert-OH is 1. The number of carbonyl (C=O) groups is 3. The molecule has 0 aromatic carbocycles. The van der Waals surface area contributed by atoms with Crippen LogP contribution >= 0.6 is 7.82 Å². The summed E-state index contributed by atoms with van der Waals surface area (Å²) in [5.41, 5.74) is 0. The van der Waals surface area contributed by atoms with Gasteiger partial charge in [-0.2, -0.15) is 0 Å². The second-order valence-corrected chi connectivity index (χ2v) is 9.64. The van der Waals surface area contributed by atoms with Crippen molar-refractivity contribution in [2.45, 2.75) is 103 Å². The van der Waals surface area contributed by atoms with Crippen molar-refractivity contribution in [1.82, 2.24) is 5.32 Å². The molecule has 0 spiro atoms. The fourth-order valence-electron chi connectivity index (χ4n) is 2.88. The van der Waals surface area contributed by atoms with Gasteiger partial charge in [-0.3, -0.25) is 18.6 Å². The summed E-state index contributed by atoms with van der Waals surface area (Å²) in [6.07, 6.45) is 9.02. The monoisotopic (exact) mass is 511 g/mol. The number of esters is 1. The summed E-state index contributed by atoms with van der Waals surface area (Å²) in [6, 6.07) is -1.53. The van der Waals surface area contributed by atoms with Crippen LogP contribution in [0.1, 0.15) is 90.9 Å². The maximum Gasteiger partial charge on any atom is 0.472 e. The van der Waals surface area contributed by atoms with E-state index < -0.39 is 57.6 Å². The van der Waals surface area contributed by atoms with Crippen LogP contribution in [0.2, 0.25) is 0 Å². The Kier molecular flexibility index (Phi) is 18.9. The highest BCUT2D eigenvalue weighted by molar-refractivity contribution is 7.47. The lowest BCUT2D eigenvalue weighted by Gasteiger charge is -2.18. The van der Waals surface area contributed by atoms with Crippen molar-refractivity contribution in [2.75, 3.05) is 19.8 Å². The van der Waals surface area contributed by atoms with Gasteiger partial charge in [-0.05, 0) is 12.8 Å². The van der Waals surface area contributed by atoms with Crippen molar-refractivity contribution in [3.63, 3.8) is 0 Å². The molecule has 0 saturated heterocycles.